The first kappa shape index (κ1) is 24.0. The van der Waals surface area contributed by atoms with Crippen LogP contribution in [0.4, 0.5) is 5.69 Å². The zero-order chi connectivity index (χ0) is 23.6. The molecule has 0 saturated carbocycles. The van der Waals surface area contributed by atoms with Crippen LogP contribution in [-0.2, 0) is 24.5 Å². The number of anilines is 1. The number of nitrogens with two attached hydrogens (primary N) is 1. The number of ether oxygens (including phenoxy) is 1. The van der Waals surface area contributed by atoms with Gasteiger partial charge in [-0.25, -0.2) is 0 Å². The van der Waals surface area contributed by atoms with E-state index in [1.165, 1.54) is 11.1 Å². The molecule has 0 aliphatic carbocycles. The third-order valence-corrected chi connectivity index (χ3v) is 6.13. The molecule has 1 saturated heterocycles. The van der Waals surface area contributed by atoms with E-state index in [-0.39, 0.29) is 12.5 Å². The number of benzene rings is 3. The van der Waals surface area contributed by atoms with Crippen molar-refractivity contribution >= 4 is 11.6 Å². The van der Waals surface area contributed by atoms with Crippen molar-refractivity contribution in [2.24, 2.45) is 5.73 Å². The zero-order valence-electron chi connectivity index (χ0n) is 19.7. The van der Waals surface area contributed by atoms with Crippen LogP contribution in [0, 0.1) is 0 Å². The highest BCUT2D eigenvalue weighted by Gasteiger charge is 2.17. The predicted molar refractivity (Wildman–Crippen MR) is 137 cm³/mol. The van der Waals surface area contributed by atoms with Crippen LogP contribution in [0.1, 0.15) is 23.1 Å². The van der Waals surface area contributed by atoms with Gasteiger partial charge in [-0.05, 0) is 54.4 Å². The molecule has 0 radical (unpaired) electrons. The van der Waals surface area contributed by atoms with E-state index in [1.807, 2.05) is 36.4 Å². The normalized spacial score (nSPS) is 15.0. The Hall–Kier alpha value is -3.19. The minimum Gasteiger partial charge on any atom is -0.489 e. The van der Waals surface area contributed by atoms with Crippen molar-refractivity contribution in [3.05, 3.63) is 95.6 Å². The summed E-state index contributed by atoms with van der Waals surface area (Å²) in [6.07, 6.45) is 1.12. The number of carbonyl (C=O) groups excluding carboxylic acids is 1. The van der Waals surface area contributed by atoms with Gasteiger partial charge in [0.05, 0.1) is 6.54 Å². The maximum Gasteiger partial charge on any atom is 0.238 e. The van der Waals surface area contributed by atoms with Gasteiger partial charge in [0.25, 0.3) is 0 Å². The van der Waals surface area contributed by atoms with E-state index in [9.17, 15) is 4.79 Å². The Morgan fingerprint density at radius 2 is 1.47 bits per heavy atom. The van der Waals surface area contributed by atoms with E-state index < -0.39 is 0 Å². The minimum atomic E-state index is -0.161. The molecule has 0 spiro atoms. The van der Waals surface area contributed by atoms with Gasteiger partial charge < -0.3 is 15.8 Å². The van der Waals surface area contributed by atoms with Crippen LogP contribution < -0.4 is 15.8 Å². The second kappa shape index (κ2) is 12.3. The first-order chi connectivity index (χ1) is 16.7. The molecule has 1 aliphatic rings. The van der Waals surface area contributed by atoms with Gasteiger partial charge in [0.2, 0.25) is 5.91 Å². The molecular formula is C28H34N4O2. The van der Waals surface area contributed by atoms with Crippen LogP contribution in [0.2, 0.25) is 0 Å². The molecule has 1 heterocycles. The molecule has 178 valence electrons. The third kappa shape index (κ3) is 7.15. The fourth-order valence-electron chi connectivity index (χ4n) is 4.25. The number of para-hydroxylation sites is 1. The number of amides is 1. The lowest BCUT2D eigenvalue weighted by Crippen LogP contribution is -2.30. The fourth-order valence-corrected chi connectivity index (χ4v) is 4.25. The van der Waals surface area contributed by atoms with E-state index >= 15 is 0 Å². The Morgan fingerprint density at radius 3 is 2.21 bits per heavy atom. The van der Waals surface area contributed by atoms with Gasteiger partial charge in [0, 0.05) is 31.9 Å². The van der Waals surface area contributed by atoms with Gasteiger partial charge in [-0.15, -0.1) is 0 Å². The molecule has 0 unspecified atom stereocenters. The summed E-state index contributed by atoms with van der Waals surface area (Å²) in [5.41, 5.74) is 9.92. The molecule has 34 heavy (non-hydrogen) atoms. The first-order valence-electron chi connectivity index (χ1n) is 12.0. The maximum atomic E-state index is 11.8. The highest BCUT2D eigenvalue weighted by Crippen LogP contribution is 2.20. The van der Waals surface area contributed by atoms with Crippen molar-refractivity contribution in [2.45, 2.75) is 26.1 Å². The van der Waals surface area contributed by atoms with E-state index in [1.54, 1.807) is 0 Å². The van der Waals surface area contributed by atoms with Crippen LogP contribution in [0.15, 0.2) is 78.9 Å². The number of nitrogens with zero attached hydrogens (tertiary/aromatic N) is 2. The van der Waals surface area contributed by atoms with Crippen molar-refractivity contribution in [1.82, 2.24) is 9.80 Å². The highest BCUT2D eigenvalue weighted by molar-refractivity contribution is 5.92. The molecule has 3 aromatic rings. The first-order valence-corrected chi connectivity index (χ1v) is 12.0. The standard InChI is InChI=1S/C28H34N4O2/c29-19-28(33)30-27-10-5-4-9-25(27)21-32-16-6-15-31(17-18-32)20-23-11-13-26(14-12-23)34-22-24-7-2-1-3-8-24/h1-5,7-14H,6,15-22,29H2,(H,30,33). The molecule has 6 nitrogen and oxygen atoms in total. The molecule has 6 heteroatoms. The van der Waals surface area contributed by atoms with Gasteiger partial charge >= 0.3 is 0 Å². The molecule has 0 bridgehead atoms. The second-order valence-corrected chi connectivity index (χ2v) is 8.73. The molecule has 1 fully saturated rings. The quantitative estimate of drug-likeness (QED) is 0.509. The lowest BCUT2D eigenvalue weighted by Gasteiger charge is -2.23. The lowest BCUT2D eigenvalue weighted by molar-refractivity contribution is -0.114. The minimum absolute atomic E-state index is 0.00681. The number of nitrogens with one attached hydrogen (secondary N) is 1. The summed E-state index contributed by atoms with van der Waals surface area (Å²) in [6, 6.07) is 26.7. The Balaban J connectivity index is 1.26. The molecule has 4 rings (SSSR count). The Labute approximate surface area is 202 Å². The van der Waals surface area contributed by atoms with Crippen molar-refractivity contribution < 1.29 is 9.53 Å². The summed E-state index contributed by atoms with van der Waals surface area (Å²) in [5, 5.41) is 2.92. The van der Waals surface area contributed by atoms with Crippen molar-refractivity contribution in [2.75, 3.05) is 38.0 Å². The number of rotatable bonds is 9. The third-order valence-electron chi connectivity index (χ3n) is 6.13. The fraction of sp³-hybridized carbons (Fsp3) is 0.321. The van der Waals surface area contributed by atoms with Gasteiger partial charge in [-0.1, -0.05) is 60.7 Å². The molecule has 1 aliphatic heterocycles. The van der Waals surface area contributed by atoms with Crippen molar-refractivity contribution in [1.29, 1.82) is 0 Å². The molecular weight excluding hydrogens is 424 g/mol. The smallest absolute Gasteiger partial charge is 0.238 e. The predicted octanol–water partition coefficient (Wildman–Crippen LogP) is 3.87. The van der Waals surface area contributed by atoms with Gasteiger partial charge in [-0.3, -0.25) is 14.6 Å². The van der Waals surface area contributed by atoms with Gasteiger partial charge in [0.15, 0.2) is 0 Å². The summed E-state index contributed by atoms with van der Waals surface area (Å²) >= 11 is 0. The van der Waals surface area contributed by atoms with Crippen LogP contribution in [0.5, 0.6) is 5.75 Å². The summed E-state index contributed by atoms with van der Waals surface area (Å²) in [7, 11) is 0. The highest BCUT2D eigenvalue weighted by atomic mass is 16.5. The van der Waals surface area contributed by atoms with E-state index in [4.69, 9.17) is 10.5 Å². The Kier molecular flexibility index (Phi) is 8.68. The van der Waals surface area contributed by atoms with Gasteiger partial charge in [-0.2, -0.15) is 0 Å². The summed E-state index contributed by atoms with van der Waals surface area (Å²) in [6.45, 7) is 6.48. The monoisotopic (exact) mass is 458 g/mol. The second-order valence-electron chi connectivity index (χ2n) is 8.73. The van der Waals surface area contributed by atoms with Crippen LogP contribution in [0.3, 0.4) is 0 Å². The summed E-state index contributed by atoms with van der Waals surface area (Å²) in [5.74, 6) is 0.737. The Morgan fingerprint density at radius 1 is 0.794 bits per heavy atom. The summed E-state index contributed by atoms with van der Waals surface area (Å²) in [4.78, 5) is 16.7. The molecule has 1 amide bonds. The lowest BCUT2D eigenvalue weighted by atomic mass is 10.1. The SMILES string of the molecule is NCC(=O)Nc1ccccc1CN1CCCN(Cc2ccc(OCc3ccccc3)cc2)CC1. The number of hydrogen-bond donors (Lipinski definition) is 2. The van der Waals surface area contributed by atoms with Crippen molar-refractivity contribution in [3.63, 3.8) is 0 Å². The Bertz CT molecular complexity index is 1040. The van der Waals surface area contributed by atoms with Crippen LogP contribution in [-0.4, -0.2) is 48.4 Å². The molecule has 0 aromatic heterocycles. The largest absolute Gasteiger partial charge is 0.489 e. The average molecular weight is 459 g/mol. The van der Waals surface area contributed by atoms with E-state index in [2.05, 4.69) is 57.6 Å². The average Bonchev–Trinajstić information content (AvgIpc) is 3.10. The van der Waals surface area contributed by atoms with Crippen LogP contribution >= 0.6 is 0 Å². The summed E-state index contributed by atoms with van der Waals surface area (Å²) < 4.78 is 5.92. The van der Waals surface area contributed by atoms with Crippen LogP contribution in [0.25, 0.3) is 0 Å². The number of hydrogen-bond acceptors (Lipinski definition) is 5. The molecule has 3 aromatic carbocycles. The maximum absolute atomic E-state index is 11.8. The number of carbonyl (C=O) groups is 1. The van der Waals surface area contributed by atoms with Crippen molar-refractivity contribution in [3.8, 4) is 5.75 Å². The topological polar surface area (TPSA) is 70.8 Å². The van der Waals surface area contributed by atoms with E-state index in [0.717, 1.165) is 62.7 Å². The zero-order valence-corrected chi connectivity index (χ0v) is 19.7. The van der Waals surface area contributed by atoms with E-state index in [0.29, 0.717) is 6.61 Å². The molecule has 3 N–H and O–H groups in total. The molecule has 0 atom stereocenters. The van der Waals surface area contributed by atoms with Gasteiger partial charge in [0.1, 0.15) is 12.4 Å².